The largest absolute Gasteiger partial charge is 0.311 e. The average Bonchev–Trinajstić information content (AvgIpc) is 2.95. The van der Waals surface area contributed by atoms with E-state index in [4.69, 9.17) is 0 Å². The summed E-state index contributed by atoms with van der Waals surface area (Å²) in [4.78, 5) is 4.59. The number of nitrogens with zero attached hydrogens (tertiary/aromatic N) is 3. The van der Waals surface area contributed by atoms with E-state index in [0.29, 0.717) is 0 Å². The second-order valence-electron chi connectivity index (χ2n) is 3.92. The Kier molecular flexibility index (Phi) is 4.28. The molecule has 0 aliphatic carbocycles. The first-order valence-corrected chi connectivity index (χ1v) is 6.89. The van der Waals surface area contributed by atoms with Crippen LogP contribution in [0.15, 0.2) is 17.8 Å². The molecule has 0 spiro atoms. The van der Waals surface area contributed by atoms with Crippen molar-refractivity contribution < 1.29 is 0 Å². The first-order valence-electron chi connectivity index (χ1n) is 6.01. The Morgan fingerprint density at radius 1 is 1.41 bits per heavy atom. The standard InChI is InChI=1S/C12H18N4S/c1-3-5-16-8-10(6-14-16)12-15-11(9-17-12)7-13-4-2/h6,8-9,13H,3-5,7H2,1-2H3. The van der Waals surface area contributed by atoms with Gasteiger partial charge in [0.15, 0.2) is 0 Å². The van der Waals surface area contributed by atoms with E-state index in [-0.39, 0.29) is 0 Å². The van der Waals surface area contributed by atoms with E-state index in [0.717, 1.165) is 42.3 Å². The van der Waals surface area contributed by atoms with Gasteiger partial charge in [0, 0.05) is 30.2 Å². The monoisotopic (exact) mass is 250 g/mol. The van der Waals surface area contributed by atoms with Crippen molar-refractivity contribution in [2.24, 2.45) is 0 Å². The molecule has 0 radical (unpaired) electrons. The molecule has 2 aromatic heterocycles. The fourth-order valence-electron chi connectivity index (χ4n) is 1.60. The van der Waals surface area contributed by atoms with Crippen molar-refractivity contribution in [3.8, 4) is 10.6 Å². The van der Waals surface area contributed by atoms with Crippen LogP contribution in [0.5, 0.6) is 0 Å². The summed E-state index contributed by atoms with van der Waals surface area (Å²) in [7, 11) is 0. The lowest BCUT2D eigenvalue weighted by Gasteiger charge is -1.95. The first-order chi connectivity index (χ1) is 8.33. The van der Waals surface area contributed by atoms with Crippen molar-refractivity contribution >= 4 is 11.3 Å². The molecule has 17 heavy (non-hydrogen) atoms. The lowest BCUT2D eigenvalue weighted by atomic mass is 10.4. The fraction of sp³-hybridized carbons (Fsp3) is 0.500. The van der Waals surface area contributed by atoms with Crippen LogP contribution in [0.4, 0.5) is 0 Å². The molecule has 0 aliphatic heterocycles. The minimum Gasteiger partial charge on any atom is -0.311 e. The molecule has 2 heterocycles. The summed E-state index contributed by atoms with van der Waals surface area (Å²) < 4.78 is 1.97. The molecule has 0 aromatic carbocycles. The van der Waals surface area contributed by atoms with Crippen LogP contribution in [0.3, 0.4) is 0 Å². The van der Waals surface area contributed by atoms with Crippen molar-refractivity contribution in [2.75, 3.05) is 6.54 Å². The Morgan fingerprint density at radius 3 is 3.06 bits per heavy atom. The zero-order valence-corrected chi connectivity index (χ0v) is 11.1. The number of aryl methyl sites for hydroxylation is 1. The molecule has 0 bridgehead atoms. The van der Waals surface area contributed by atoms with Gasteiger partial charge in [-0.2, -0.15) is 5.10 Å². The quantitative estimate of drug-likeness (QED) is 0.856. The lowest BCUT2D eigenvalue weighted by Crippen LogP contribution is -2.11. The van der Waals surface area contributed by atoms with Gasteiger partial charge in [-0.05, 0) is 13.0 Å². The van der Waals surface area contributed by atoms with Crippen LogP contribution >= 0.6 is 11.3 Å². The normalized spacial score (nSPS) is 10.9. The molecule has 4 nitrogen and oxygen atoms in total. The minimum atomic E-state index is 0.843. The van der Waals surface area contributed by atoms with Gasteiger partial charge in [0.05, 0.1) is 11.9 Å². The van der Waals surface area contributed by atoms with E-state index in [2.05, 4.69) is 40.8 Å². The maximum Gasteiger partial charge on any atom is 0.126 e. The van der Waals surface area contributed by atoms with Crippen LogP contribution in [0.25, 0.3) is 10.6 Å². The Bertz CT molecular complexity index is 461. The Morgan fingerprint density at radius 2 is 2.29 bits per heavy atom. The zero-order chi connectivity index (χ0) is 12.1. The molecule has 0 saturated heterocycles. The molecule has 5 heteroatoms. The molecule has 2 rings (SSSR count). The van der Waals surface area contributed by atoms with Crippen molar-refractivity contribution in [1.29, 1.82) is 0 Å². The summed E-state index contributed by atoms with van der Waals surface area (Å²) in [5, 5.41) is 10.8. The van der Waals surface area contributed by atoms with Crippen molar-refractivity contribution in [2.45, 2.75) is 33.4 Å². The second-order valence-corrected chi connectivity index (χ2v) is 4.77. The van der Waals surface area contributed by atoms with Gasteiger partial charge in [-0.15, -0.1) is 11.3 Å². The highest BCUT2D eigenvalue weighted by atomic mass is 32.1. The van der Waals surface area contributed by atoms with Crippen LogP contribution in [-0.2, 0) is 13.1 Å². The van der Waals surface area contributed by atoms with Crippen LogP contribution in [0.1, 0.15) is 26.0 Å². The van der Waals surface area contributed by atoms with Crippen LogP contribution in [0, 0.1) is 0 Å². The predicted octanol–water partition coefficient (Wildman–Crippen LogP) is 2.53. The van der Waals surface area contributed by atoms with E-state index < -0.39 is 0 Å². The van der Waals surface area contributed by atoms with Crippen molar-refractivity contribution in [3.63, 3.8) is 0 Å². The van der Waals surface area contributed by atoms with Gasteiger partial charge in [-0.3, -0.25) is 4.68 Å². The highest BCUT2D eigenvalue weighted by molar-refractivity contribution is 7.13. The molecule has 0 atom stereocenters. The van der Waals surface area contributed by atoms with E-state index in [1.54, 1.807) is 11.3 Å². The summed E-state index contributed by atoms with van der Waals surface area (Å²) in [6.45, 7) is 7.04. The molecule has 92 valence electrons. The van der Waals surface area contributed by atoms with Crippen molar-refractivity contribution in [3.05, 3.63) is 23.5 Å². The maximum absolute atomic E-state index is 4.59. The number of thiazole rings is 1. The second kappa shape index (κ2) is 5.93. The van der Waals surface area contributed by atoms with Gasteiger partial charge in [-0.1, -0.05) is 13.8 Å². The topological polar surface area (TPSA) is 42.7 Å². The highest BCUT2D eigenvalue weighted by Gasteiger charge is 2.06. The summed E-state index contributed by atoms with van der Waals surface area (Å²) >= 11 is 1.68. The van der Waals surface area contributed by atoms with E-state index >= 15 is 0 Å². The first kappa shape index (κ1) is 12.3. The SMILES string of the molecule is CCCn1cc(-c2nc(CNCC)cs2)cn1. The Labute approximate surface area is 106 Å². The molecule has 0 aliphatic rings. The molecule has 1 N–H and O–H groups in total. The van der Waals surface area contributed by atoms with Crippen LogP contribution in [-0.4, -0.2) is 21.3 Å². The van der Waals surface area contributed by atoms with E-state index in [1.807, 2.05) is 10.9 Å². The lowest BCUT2D eigenvalue weighted by molar-refractivity contribution is 0.603. The molecule has 0 amide bonds. The highest BCUT2D eigenvalue weighted by Crippen LogP contribution is 2.23. The third-order valence-corrected chi connectivity index (χ3v) is 3.38. The van der Waals surface area contributed by atoms with Gasteiger partial charge in [0.1, 0.15) is 5.01 Å². The summed E-state index contributed by atoms with van der Waals surface area (Å²) in [6, 6.07) is 0. The molecular formula is C12H18N4S. The molecular weight excluding hydrogens is 232 g/mol. The van der Waals surface area contributed by atoms with E-state index in [9.17, 15) is 0 Å². The molecule has 2 aromatic rings. The van der Waals surface area contributed by atoms with Crippen molar-refractivity contribution in [1.82, 2.24) is 20.1 Å². The molecule has 0 fully saturated rings. The fourth-order valence-corrected chi connectivity index (χ4v) is 2.39. The predicted molar refractivity (Wildman–Crippen MR) is 71.0 cm³/mol. The van der Waals surface area contributed by atoms with Gasteiger partial charge in [-0.25, -0.2) is 4.98 Å². The maximum atomic E-state index is 4.59. The van der Waals surface area contributed by atoms with Gasteiger partial charge in [0.2, 0.25) is 0 Å². The molecule has 0 unspecified atom stereocenters. The number of aromatic nitrogens is 3. The number of hydrogen-bond donors (Lipinski definition) is 1. The van der Waals surface area contributed by atoms with Crippen LogP contribution < -0.4 is 5.32 Å². The number of hydrogen-bond acceptors (Lipinski definition) is 4. The smallest absolute Gasteiger partial charge is 0.126 e. The van der Waals surface area contributed by atoms with Crippen LogP contribution in [0.2, 0.25) is 0 Å². The third kappa shape index (κ3) is 3.14. The summed E-state index contributed by atoms with van der Waals surface area (Å²) in [5.74, 6) is 0. The number of nitrogens with one attached hydrogen (secondary N) is 1. The Balaban J connectivity index is 2.07. The number of rotatable bonds is 6. The average molecular weight is 250 g/mol. The van der Waals surface area contributed by atoms with Gasteiger partial charge >= 0.3 is 0 Å². The third-order valence-electron chi connectivity index (χ3n) is 2.44. The van der Waals surface area contributed by atoms with Gasteiger partial charge in [0.25, 0.3) is 0 Å². The Hall–Kier alpha value is -1.20. The molecule has 0 saturated carbocycles. The zero-order valence-electron chi connectivity index (χ0n) is 10.3. The summed E-state index contributed by atoms with van der Waals surface area (Å²) in [6.07, 6.45) is 5.07. The van der Waals surface area contributed by atoms with Gasteiger partial charge < -0.3 is 5.32 Å². The summed E-state index contributed by atoms with van der Waals surface area (Å²) in [5.41, 5.74) is 2.22. The van der Waals surface area contributed by atoms with E-state index in [1.165, 1.54) is 0 Å². The minimum absolute atomic E-state index is 0.843.